The Morgan fingerprint density at radius 3 is 2.84 bits per heavy atom. The maximum atomic E-state index is 6.18. The molecule has 2 atom stereocenters. The monoisotopic (exact) mass is 347 g/mol. The van der Waals surface area contributed by atoms with Gasteiger partial charge in [-0.2, -0.15) is 0 Å². The fraction of sp³-hybridized carbons (Fsp3) is 0.700. The van der Waals surface area contributed by atoms with Crippen molar-refractivity contribution in [3.05, 3.63) is 23.8 Å². The van der Waals surface area contributed by atoms with Crippen LogP contribution in [0.4, 0.5) is 0 Å². The minimum absolute atomic E-state index is 0.653. The van der Waals surface area contributed by atoms with Crippen LogP contribution in [0.5, 0.6) is 11.5 Å². The van der Waals surface area contributed by atoms with Gasteiger partial charge >= 0.3 is 0 Å². The molecule has 140 valence electrons. The number of nitrogens with one attached hydrogen (secondary N) is 1. The summed E-state index contributed by atoms with van der Waals surface area (Å²) in [6.07, 6.45) is 4.90. The molecular weight excluding hydrogens is 314 g/mol. The largest absolute Gasteiger partial charge is 0.493 e. The van der Waals surface area contributed by atoms with Crippen LogP contribution >= 0.6 is 0 Å². The highest BCUT2D eigenvalue weighted by molar-refractivity contribution is 5.46. The summed E-state index contributed by atoms with van der Waals surface area (Å²) in [5.41, 5.74) is 1.25. The van der Waals surface area contributed by atoms with Gasteiger partial charge in [-0.3, -0.25) is 4.90 Å². The molecule has 3 rings (SSSR count). The standard InChI is InChI=1S/C20H33N3O2/c1-22(2)12-5-13-25-20-16(6-4-7-19(20)24-3)15-23-17-8-9-18(23)14-21-11-10-17/h4,6-7,17-18,21H,5,8-15H2,1-3H3/t17-,18+/m1/s1. The zero-order valence-corrected chi connectivity index (χ0v) is 16.0. The van der Waals surface area contributed by atoms with E-state index in [0.717, 1.165) is 50.7 Å². The second-order valence-corrected chi connectivity index (χ2v) is 7.50. The number of para-hydroxylation sites is 1. The van der Waals surface area contributed by atoms with Crippen LogP contribution in [0.1, 0.15) is 31.2 Å². The zero-order chi connectivity index (χ0) is 17.6. The van der Waals surface area contributed by atoms with Crippen molar-refractivity contribution in [2.45, 2.75) is 44.3 Å². The Kier molecular flexibility index (Phi) is 6.57. The first-order valence-electron chi connectivity index (χ1n) is 9.59. The Bertz CT molecular complexity index is 536. The molecule has 2 aliphatic heterocycles. The average molecular weight is 348 g/mol. The Labute approximate surface area is 152 Å². The first-order chi connectivity index (χ1) is 12.2. The van der Waals surface area contributed by atoms with Gasteiger partial charge in [0.1, 0.15) is 0 Å². The van der Waals surface area contributed by atoms with Crippen LogP contribution in [0.2, 0.25) is 0 Å². The van der Waals surface area contributed by atoms with Gasteiger partial charge in [0, 0.05) is 37.3 Å². The van der Waals surface area contributed by atoms with E-state index in [4.69, 9.17) is 9.47 Å². The Balaban J connectivity index is 1.71. The lowest BCUT2D eigenvalue weighted by Gasteiger charge is -2.28. The van der Waals surface area contributed by atoms with Crippen molar-refractivity contribution >= 4 is 0 Å². The van der Waals surface area contributed by atoms with Crippen LogP contribution < -0.4 is 14.8 Å². The third kappa shape index (κ3) is 4.66. The van der Waals surface area contributed by atoms with E-state index in [1.807, 2.05) is 6.07 Å². The summed E-state index contributed by atoms with van der Waals surface area (Å²) in [7, 11) is 5.92. The van der Waals surface area contributed by atoms with Crippen LogP contribution in [0, 0.1) is 0 Å². The van der Waals surface area contributed by atoms with Crippen LogP contribution in [-0.4, -0.2) is 69.3 Å². The smallest absolute Gasteiger partial charge is 0.165 e. The van der Waals surface area contributed by atoms with E-state index in [2.05, 4.69) is 41.3 Å². The van der Waals surface area contributed by atoms with E-state index in [0.29, 0.717) is 12.1 Å². The molecule has 0 aromatic heterocycles. The van der Waals surface area contributed by atoms with E-state index in [1.54, 1.807) is 7.11 Å². The molecule has 1 aromatic rings. The number of ether oxygens (including phenoxy) is 2. The molecule has 2 aliphatic rings. The van der Waals surface area contributed by atoms with Gasteiger partial charge in [-0.05, 0) is 52.4 Å². The SMILES string of the molecule is COc1cccc(CN2[C@H]3CCNC[C@@H]2CC3)c1OCCCN(C)C. The number of rotatable bonds is 8. The highest BCUT2D eigenvalue weighted by atomic mass is 16.5. The fourth-order valence-corrected chi connectivity index (χ4v) is 4.10. The summed E-state index contributed by atoms with van der Waals surface area (Å²) in [6.45, 7) is 4.97. The van der Waals surface area contributed by atoms with Crippen LogP contribution in [0.15, 0.2) is 18.2 Å². The maximum absolute atomic E-state index is 6.18. The van der Waals surface area contributed by atoms with Crippen molar-refractivity contribution in [3.8, 4) is 11.5 Å². The molecule has 0 radical (unpaired) electrons. The van der Waals surface area contributed by atoms with Gasteiger partial charge in [0.2, 0.25) is 0 Å². The minimum atomic E-state index is 0.653. The third-order valence-electron chi connectivity index (χ3n) is 5.43. The lowest BCUT2D eigenvalue weighted by Crippen LogP contribution is -2.37. The molecule has 5 heteroatoms. The quantitative estimate of drug-likeness (QED) is 0.731. The third-order valence-corrected chi connectivity index (χ3v) is 5.43. The topological polar surface area (TPSA) is 37.0 Å². The number of nitrogens with zero attached hydrogens (tertiary/aromatic N) is 2. The second-order valence-electron chi connectivity index (χ2n) is 7.50. The fourth-order valence-electron chi connectivity index (χ4n) is 4.10. The summed E-state index contributed by atoms with van der Waals surface area (Å²) < 4.78 is 11.8. The summed E-state index contributed by atoms with van der Waals surface area (Å²) in [5, 5.41) is 3.58. The molecule has 5 nitrogen and oxygen atoms in total. The molecule has 0 spiro atoms. The predicted molar refractivity (Wildman–Crippen MR) is 101 cm³/mol. The lowest BCUT2D eigenvalue weighted by atomic mass is 10.1. The second kappa shape index (κ2) is 8.88. The Morgan fingerprint density at radius 2 is 2.04 bits per heavy atom. The van der Waals surface area contributed by atoms with Crippen LogP contribution in [0.25, 0.3) is 0 Å². The number of hydrogen-bond donors (Lipinski definition) is 1. The minimum Gasteiger partial charge on any atom is -0.493 e. The predicted octanol–water partition coefficient (Wildman–Crippen LogP) is 2.35. The number of benzene rings is 1. The Morgan fingerprint density at radius 1 is 1.20 bits per heavy atom. The molecule has 0 unspecified atom stereocenters. The summed E-state index contributed by atoms with van der Waals surface area (Å²) in [4.78, 5) is 4.87. The van der Waals surface area contributed by atoms with Crippen molar-refractivity contribution in [1.82, 2.24) is 15.1 Å². The van der Waals surface area contributed by atoms with Crippen LogP contribution in [0.3, 0.4) is 0 Å². The molecule has 25 heavy (non-hydrogen) atoms. The van der Waals surface area contributed by atoms with Gasteiger partial charge in [-0.15, -0.1) is 0 Å². The van der Waals surface area contributed by atoms with Gasteiger partial charge in [0.15, 0.2) is 11.5 Å². The highest BCUT2D eigenvalue weighted by Gasteiger charge is 2.35. The number of fused-ring (bicyclic) bond motifs is 2. The van der Waals surface area contributed by atoms with Crippen molar-refractivity contribution < 1.29 is 9.47 Å². The van der Waals surface area contributed by atoms with E-state index in [-0.39, 0.29) is 0 Å². The summed E-state index contributed by atoms with van der Waals surface area (Å²) in [5.74, 6) is 1.78. The van der Waals surface area contributed by atoms with Gasteiger partial charge in [0.05, 0.1) is 13.7 Å². The molecule has 2 saturated heterocycles. The van der Waals surface area contributed by atoms with E-state index < -0.39 is 0 Å². The van der Waals surface area contributed by atoms with Crippen molar-refractivity contribution in [3.63, 3.8) is 0 Å². The zero-order valence-electron chi connectivity index (χ0n) is 16.0. The summed E-state index contributed by atoms with van der Waals surface area (Å²) >= 11 is 0. The first kappa shape index (κ1) is 18.5. The number of methoxy groups -OCH3 is 1. The van der Waals surface area contributed by atoms with Crippen molar-refractivity contribution in [2.24, 2.45) is 0 Å². The number of hydrogen-bond acceptors (Lipinski definition) is 5. The van der Waals surface area contributed by atoms with Gasteiger partial charge in [-0.25, -0.2) is 0 Å². The molecule has 2 bridgehead atoms. The summed E-state index contributed by atoms with van der Waals surface area (Å²) in [6, 6.07) is 7.64. The molecule has 0 amide bonds. The molecule has 2 fully saturated rings. The van der Waals surface area contributed by atoms with Crippen molar-refractivity contribution in [1.29, 1.82) is 0 Å². The molecular formula is C20H33N3O2. The highest BCUT2D eigenvalue weighted by Crippen LogP contribution is 2.36. The molecule has 1 N–H and O–H groups in total. The van der Waals surface area contributed by atoms with Crippen molar-refractivity contribution in [2.75, 3.05) is 47.4 Å². The average Bonchev–Trinajstić information content (AvgIpc) is 2.84. The first-order valence-corrected chi connectivity index (χ1v) is 9.59. The molecule has 0 saturated carbocycles. The van der Waals surface area contributed by atoms with Gasteiger partial charge < -0.3 is 19.7 Å². The van der Waals surface area contributed by atoms with Crippen LogP contribution in [-0.2, 0) is 6.54 Å². The molecule has 1 aromatic carbocycles. The lowest BCUT2D eigenvalue weighted by molar-refractivity contribution is 0.188. The molecule has 2 heterocycles. The Hall–Kier alpha value is -1.30. The van der Waals surface area contributed by atoms with E-state index in [9.17, 15) is 0 Å². The normalized spacial score (nSPS) is 23.7. The van der Waals surface area contributed by atoms with E-state index in [1.165, 1.54) is 24.8 Å². The van der Waals surface area contributed by atoms with E-state index >= 15 is 0 Å². The molecule has 0 aliphatic carbocycles. The maximum Gasteiger partial charge on any atom is 0.165 e. The van der Waals surface area contributed by atoms with Gasteiger partial charge in [0.25, 0.3) is 0 Å². The van der Waals surface area contributed by atoms with Gasteiger partial charge in [-0.1, -0.05) is 12.1 Å².